The van der Waals surface area contributed by atoms with E-state index in [0.717, 1.165) is 5.75 Å². The number of benzene rings is 1. The summed E-state index contributed by atoms with van der Waals surface area (Å²) in [5, 5.41) is 2.74. The van der Waals surface area contributed by atoms with Gasteiger partial charge in [-0.3, -0.25) is 4.79 Å². The third-order valence-corrected chi connectivity index (χ3v) is 1.74. The lowest BCUT2D eigenvalue weighted by atomic mass is 10.2. The van der Waals surface area contributed by atoms with Gasteiger partial charge in [0.1, 0.15) is 5.75 Å². The van der Waals surface area contributed by atoms with Crippen LogP contribution in [-0.2, 0) is 0 Å². The minimum atomic E-state index is -0.0611. The van der Waals surface area contributed by atoms with Gasteiger partial charge in [-0.2, -0.15) is 0 Å². The Kier molecular flexibility index (Phi) is 6.18. The zero-order valence-corrected chi connectivity index (χ0v) is 8.54. The summed E-state index contributed by atoms with van der Waals surface area (Å²) in [6.45, 7) is 5.06. The Morgan fingerprint density at radius 2 is 2.13 bits per heavy atom. The van der Waals surface area contributed by atoms with Gasteiger partial charge in [0.2, 0.25) is 0 Å². The molecule has 0 aliphatic rings. The zero-order valence-electron chi connectivity index (χ0n) is 8.54. The Labute approximate surface area is 91.5 Å². The summed E-state index contributed by atoms with van der Waals surface area (Å²) in [5.74, 6) is 0.672. The lowest BCUT2D eigenvalue weighted by molar-refractivity contribution is 0.0955. The highest BCUT2D eigenvalue weighted by Crippen LogP contribution is 2.12. The summed E-state index contributed by atoms with van der Waals surface area (Å²) in [4.78, 5) is 11.4. The molecular formula is C12H19NO2. The van der Waals surface area contributed by atoms with Crippen LogP contribution in [0.2, 0.25) is 0 Å². The minimum absolute atomic E-state index is 0. The molecule has 3 nitrogen and oxygen atoms in total. The van der Waals surface area contributed by atoms with Gasteiger partial charge in [-0.05, 0) is 32.0 Å². The van der Waals surface area contributed by atoms with E-state index < -0.39 is 0 Å². The lowest BCUT2D eigenvalue weighted by Gasteiger charge is -2.05. The molecule has 0 saturated heterocycles. The number of amides is 1. The maximum absolute atomic E-state index is 11.4. The third-order valence-electron chi connectivity index (χ3n) is 1.74. The van der Waals surface area contributed by atoms with Crippen LogP contribution in [0.4, 0.5) is 0 Å². The maximum Gasteiger partial charge on any atom is 0.251 e. The number of rotatable bonds is 4. The molecule has 0 bridgehead atoms. The molecule has 0 radical (unpaired) electrons. The highest BCUT2D eigenvalue weighted by molar-refractivity contribution is 5.94. The second kappa shape index (κ2) is 6.87. The topological polar surface area (TPSA) is 38.3 Å². The van der Waals surface area contributed by atoms with E-state index in [9.17, 15) is 4.79 Å². The molecule has 0 saturated carbocycles. The predicted octanol–water partition coefficient (Wildman–Crippen LogP) is 2.47. The highest BCUT2D eigenvalue weighted by atomic mass is 16.5. The summed E-state index contributed by atoms with van der Waals surface area (Å²) >= 11 is 0. The van der Waals surface area contributed by atoms with Crippen molar-refractivity contribution in [2.75, 3.05) is 13.2 Å². The van der Waals surface area contributed by atoms with Crippen LogP contribution in [0.25, 0.3) is 0 Å². The average Bonchev–Trinajstić information content (AvgIpc) is 2.19. The molecule has 0 aromatic heterocycles. The van der Waals surface area contributed by atoms with Crippen LogP contribution in [0.1, 0.15) is 31.6 Å². The van der Waals surface area contributed by atoms with Crippen LogP contribution >= 0.6 is 0 Å². The molecule has 0 aliphatic heterocycles. The van der Waals surface area contributed by atoms with Gasteiger partial charge in [-0.1, -0.05) is 13.5 Å². The Bertz CT molecular complexity index is 310. The average molecular weight is 209 g/mol. The Morgan fingerprint density at radius 3 is 2.73 bits per heavy atom. The number of carbonyl (C=O) groups is 1. The van der Waals surface area contributed by atoms with Crippen molar-refractivity contribution in [3.05, 3.63) is 29.8 Å². The largest absolute Gasteiger partial charge is 0.494 e. The van der Waals surface area contributed by atoms with E-state index in [2.05, 4.69) is 5.32 Å². The molecule has 0 heterocycles. The van der Waals surface area contributed by atoms with E-state index in [-0.39, 0.29) is 13.3 Å². The van der Waals surface area contributed by atoms with E-state index in [0.29, 0.717) is 18.7 Å². The van der Waals surface area contributed by atoms with E-state index >= 15 is 0 Å². The van der Waals surface area contributed by atoms with Crippen LogP contribution < -0.4 is 10.1 Å². The van der Waals surface area contributed by atoms with Crippen molar-refractivity contribution >= 4 is 5.91 Å². The van der Waals surface area contributed by atoms with Gasteiger partial charge < -0.3 is 10.1 Å². The van der Waals surface area contributed by atoms with E-state index in [1.165, 1.54) is 0 Å². The van der Waals surface area contributed by atoms with Crippen molar-refractivity contribution in [2.24, 2.45) is 0 Å². The first-order chi connectivity index (χ1) is 6.77. The Balaban J connectivity index is 0.00000196. The molecular weight excluding hydrogens is 190 g/mol. The summed E-state index contributed by atoms with van der Waals surface area (Å²) in [7, 11) is 0. The fraction of sp³-hybridized carbons (Fsp3) is 0.417. The van der Waals surface area contributed by atoms with Gasteiger partial charge in [0, 0.05) is 12.1 Å². The number of ether oxygens (including phenoxy) is 1. The van der Waals surface area contributed by atoms with Crippen LogP contribution in [0.15, 0.2) is 24.3 Å². The van der Waals surface area contributed by atoms with Gasteiger partial charge in [0.15, 0.2) is 0 Å². The molecule has 0 unspecified atom stereocenters. The molecule has 84 valence electrons. The first-order valence-corrected chi connectivity index (χ1v) is 4.79. The standard InChI is InChI=1S/C11H15NO2.CH4/c1-3-12-11(13)9-6-5-7-10(8-9)14-4-2;/h5-8H,3-4H2,1-2H3,(H,12,13);1H4. The monoisotopic (exact) mass is 209 g/mol. The molecule has 0 aliphatic carbocycles. The number of hydrogen-bond donors (Lipinski definition) is 1. The van der Waals surface area contributed by atoms with Crippen molar-refractivity contribution in [1.82, 2.24) is 5.32 Å². The number of carbonyl (C=O) groups excluding carboxylic acids is 1. The fourth-order valence-corrected chi connectivity index (χ4v) is 1.16. The van der Waals surface area contributed by atoms with Crippen molar-refractivity contribution in [3.63, 3.8) is 0 Å². The van der Waals surface area contributed by atoms with Gasteiger partial charge in [-0.15, -0.1) is 0 Å². The van der Waals surface area contributed by atoms with Crippen LogP contribution in [0, 0.1) is 0 Å². The Morgan fingerprint density at radius 1 is 1.40 bits per heavy atom. The SMILES string of the molecule is C.CCNC(=O)c1cccc(OCC)c1. The second-order valence-electron chi connectivity index (χ2n) is 2.82. The molecule has 0 atom stereocenters. The minimum Gasteiger partial charge on any atom is -0.494 e. The maximum atomic E-state index is 11.4. The van der Waals surface area contributed by atoms with Crippen LogP contribution in [0.5, 0.6) is 5.75 Å². The van der Waals surface area contributed by atoms with E-state index in [1.807, 2.05) is 26.0 Å². The van der Waals surface area contributed by atoms with Crippen molar-refractivity contribution in [2.45, 2.75) is 21.3 Å². The molecule has 3 heteroatoms. The van der Waals surface area contributed by atoms with Crippen LogP contribution in [0.3, 0.4) is 0 Å². The Hall–Kier alpha value is -1.51. The highest BCUT2D eigenvalue weighted by Gasteiger charge is 2.04. The van der Waals surface area contributed by atoms with Gasteiger partial charge in [0.25, 0.3) is 5.91 Å². The zero-order chi connectivity index (χ0) is 10.4. The predicted molar refractivity (Wildman–Crippen MR) is 62.3 cm³/mol. The van der Waals surface area contributed by atoms with Gasteiger partial charge in [0.05, 0.1) is 6.61 Å². The smallest absolute Gasteiger partial charge is 0.251 e. The number of hydrogen-bond acceptors (Lipinski definition) is 2. The molecule has 0 spiro atoms. The molecule has 1 rings (SSSR count). The normalized spacial score (nSPS) is 8.93. The summed E-state index contributed by atoms with van der Waals surface area (Å²) in [6, 6.07) is 7.17. The third kappa shape index (κ3) is 4.02. The van der Waals surface area contributed by atoms with Crippen molar-refractivity contribution < 1.29 is 9.53 Å². The van der Waals surface area contributed by atoms with Crippen molar-refractivity contribution in [3.8, 4) is 5.75 Å². The van der Waals surface area contributed by atoms with E-state index in [4.69, 9.17) is 4.74 Å². The molecule has 0 fully saturated rings. The molecule has 1 N–H and O–H groups in total. The van der Waals surface area contributed by atoms with Gasteiger partial charge in [-0.25, -0.2) is 0 Å². The molecule has 1 aromatic carbocycles. The first kappa shape index (κ1) is 13.5. The molecule has 1 amide bonds. The van der Waals surface area contributed by atoms with Crippen LogP contribution in [-0.4, -0.2) is 19.1 Å². The first-order valence-electron chi connectivity index (χ1n) is 4.79. The summed E-state index contributed by atoms with van der Waals surface area (Å²) < 4.78 is 5.29. The number of nitrogens with one attached hydrogen (secondary N) is 1. The molecule has 15 heavy (non-hydrogen) atoms. The summed E-state index contributed by atoms with van der Waals surface area (Å²) in [5.41, 5.74) is 0.637. The fourth-order valence-electron chi connectivity index (χ4n) is 1.16. The van der Waals surface area contributed by atoms with Gasteiger partial charge >= 0.3 is 0 Å². The van der Waals surface area contributed by atoms with Crippen molar-refractivity contribution in [1.29, 1.82) is 0 Å². The molecule has 1 aromatic rings. The van der Waals surface area contributed by atoms with E-state index in [1.54, 1.807) is 12.1 Å². The summed E-state index contributed by atoms with van der Waals surface area (Å²) in [6.07, 6.45) is 0. The second-order valence-corrected chi connectivity index (χ2v) is 2.82. The quantitative estimate of drug-likeness (QED) is 0.827. The lowest BCUT2D eigenvalue weighted by Crippen LogP contribution is -2.22.